The lowest BCUT2D eigenvalue weighted by Crippen LogP contribution is -2.26. The first kappa shape index (κ1) is 15.5. The Balaban J connectivity index is 1.67. The van der Waals surface area contributed by atoms with Gasteiger partial charge in [-0.1, -0.05) is 48.5 Å². The predicted molar refractivity (Wildman–Crippen MR) is 85.2 cm³/mol. The number of amides is 1. The predicted octanol–water partition coefficient (Wildman–Crippen LogP) is 2.67. The van der Waals surface area contributed by atoms with Crippen molar-refractivity contribution in [3.05, 3.63) is 77.9 Å². The zero-order valence-electron chi connectivity index (χ0n) is 12.1. The molecule has 1 N–H and O–H groups in total. The van der Waals surface area contributed by atoms with Crippen LogP contribution >= 0.6 is 0 Å². The lowest BCUT2D eigenvalue weighted by Gasteiger charge is -2.05. The fourth-order valence-electron chi connectivity index (χ4n) is 1.77. The number of carbonyl (C=O) groups is 2. The van der Waals surface area contributed by atoms with Crippen LogP contribution < -0.4 is 5.32 Å². The van der Waals surface area contributed by atoms with Crippen molar-refractivity contribution in [3.63, 3.8) is 0 Å². The number of ether oxygens (including phenoxy) is 1. The van der Waals surface area contributed by atoms with Crippen LogP contribution in [-0.2, 0) is 9.53 Å². The Hall–Kier alpha value is -2.88. The Morgan fingerprint density at radius 2 is 1.59 bits per heavy atom. The van der Waals surface area contributed by atoms with E-state index in [9.17, 15) is 9.59 Å². The minimum absolute atomic E-state index is 0.138. The fourth-order valence-corrected chi connectivity index (χ4v) is 1.77. The Labute approximate surface area is 129 Å². The summed E-state index contributed by atoms with van der Waals surface area (Å²) in [5.74, 6) is -0.616. The Morgan fingerprint density at radius 1 is 0.955 bits per heavy atom. The van der Waals surface area contributed by atoms with Gasteiger partial charge in [-0.3, -0.25) is 4.79 Å². The molecule has 0 bridgehead atoms. The van der Waals surface area contributed by atoms with E-state index in [0.29, 0.717) is 5.56 Å². The second kappa shape index (κ2) is 8.42. The van der Waals surface area contributed by atoms with Gasteiger partial charge < -0.3 is 10.1 Å². The maximum absolute atomic E-state index is 11.7. The summed E-state index contributed by atoms with van der Waals surface area (Å²) in [5.41, 5.74) is 1.45. The summed E-state index contributed by atoms with van der Waals surface area (Å²) < 4.78 is 5.06. The van der Waals surface area contributed by atoms with E-state index in [0.717, 1.165) is 5.56 Å². The van der Waals surface area contributed by atoms with Gasteiger partial charge in [0.2, 0.25) is 5.91 Å². The minimum Gasteiger partial charge on any atom is -0.460 e. The molecule has 112 valence electrons. The van der Waals surface area contributed by atoms with Crippen molar-refractivity contribution in [2.45, 2.75) is 0 Å². The van der Waals surface area contributed by atoms with Crippen LogP contribution in [0.5, 0.6) is 0 Å². The molecule has 2 rings (SSSR count). The average Bonchev–Trinajstić information content (AvgIpc) is 2.58. The fraction of sp³-hybridized carbons (Fsp3) is 0.111. The quantitative estimate of drug-likeness (QED) is 0.506. The molecule has 1 amide bonds. The van der Waals surface area contributed by atoms with E-state index in [2.05, 4.69) is 5.32 Å². The third-order valence-corrected chi connectivity index (χ3v) is 2.87. The van der Waals surface area contributed by atoms with Gasteiger partial charge in [0, 0.05) is 6.08 Å². The summed E-state index contributed by atoms with van der Waals surface area (Å²) in [6.07, 6.45) is 3.18. The standard InChI is InChI=1S/C18H17NO3/c20-17(12-11-15-7-3-1-4-8-15)19-13-14-22-18(21)16-9-5-2-6-10-16/h1-12H,13-14H2,(H,19,20)/b12-11+. The number of hydrogen-bond acceptors (Lipinski definition) is 3. The maximum atomic E-state index is 11.7. The van der Waals surface area contributed by atoms with Gasteiger partial charge >= 0.3 is 5.97 Å². The molecule has 4 heteroatoms. The Kier molecular flexibility index (Phi) is 5.93. The Morgan fingerprint density at radius 3 is 2.27 bits per heavy atom. The second-order valence-corrected chi connectivity index (χ2v) is 4.54. The van der Waals surface area contributed by atoms with E-state index in [1.54, 1.807) is 30.3 Å². The normalized spacial score (nSPS) is 10.4. The largest absolute Gasteiger partial charge is 0.460 e. The first-order valence-electron chi connectivity index (χ1n) is 6.99. The smallest absolute Gasteiger partial charge is 0.338 e. The van der Waals surface area contributed by atoms with Gasteiger partial charge in [0.15, 0.2) is 0 Å². The van der Waals surface area contributed by atoms with Crippen molar-refractivity contribution < 1.29 is 14.3 Å². The molecule has 0 unspecified atom stereocenters. The first-order chi connectivity index (χ1) is 10.8. The van der Waals surface area contributed by atoms with Crippen molar-refractivity contribution in [2.75, 3.05) is 13.2 Å². The summed E-state index contributed by atoms with van der Waals surface area (Å²) in [5, 5.41) is 2.66. The van der Waals surface area contributed by atoms with Gasteiger partial charge in [-0.25, -0.2) is 4.79 Å². The van der Waals surface area contributed by atoms with Crippen molar-refractivity contribution in [3.8, 4) is 0 Å². The zero-order valence-corrected chi connectivity index (χ0v) is 12.1. The van der Waals surface area contributed by atoms with E-state index >= 15 is 0 Å². The molecule has 0 fully saturated rings. The number of carbonyl (C=O) groups excluding carboxylic acids is 2. The van der Waals surface area contributed by atoms with Crippen molar-refractivity contribution in [2.24, 2.45) is 0 Å². The van der Waals surface area contributed by atoms with Crippen LogP contribution in [0.2, 0.25) is 0 Å². The monoisotopic (exact) mass is 295 g/mol. The molecule has 2 aromatic carbocycles. The highest BCUT2D eigenvalue weighted by molar-refractivity contribution is 5.91. The molecule has 0 saturated heterocycles. The van der Waals surface area contributed by atoms with E-state index in [1.807, 2.05) is 36.4 Å². The molecular formula is C18H17NO3. The number of esters is 1. The van der Waals surface area contributed by atoms with Crippen LogP contribution in [0.1, 0.15) is 15.9 Å². The summed E-state index contributed by atoms with van der Waals surface area (Å²) in [6.45, 7) is 0.412. The molecule has 0 aliphatic rings. The van der Waals surface area contributed by atoms with Crippen molar-refractivity contribution in [1.82, 2.24) is 5.32 Å². The zero-order chi connectivity index (χ0) is 15.6. The third-order valence-electron chi connectivity index (χ3n) is 2.87. The third kappa shape index (κ3) is 5.25. The second-order valence-electron chi connectivity index (χ2n) is 4.54. The summed E-state index contributed by atoms with van der Waals surface area (Å²) >= 11 is 0. The summed E-state index contributed by atoms with van der Waals surface area (Å²) in [6, 6.07) is 18.3. The number of hydrogen-bond donors (Lipinski definition) is 1. The molecule has 4 nitrogen and oxygen atoms in total. The molecule has 0 aromatic heterocycles. The van der Waals surface area contributed by atoms with Crippen molar-refractivity contribution in [1.29, 1.82) is 0 Å². The van der Waals surface area contributed by atoms with Crippen LogP contribution in [-0.4, -0.2) is 25.0 Å². The summed E-state index contributed by atoms with van der Waals surface area (Å²) in [7, 11) is 0. The minimum atomic E-state index is -0.394. The summed E-state index contributed by atoms with van der Waals surface area (Å²) in [4.78, 5) is 23.2. The van der Waals surface area contributed by atoms with Gasteiger partial charge in [-0.05, 0) is 23.8 Å². The molecular weight excluding hydrogens is 278 g/mol. The molecule has 0 radical (unpaired) electrons. The lowest BCUT2D eigenvalue weighted by molar-refractivity contribution is -0.116. The lowest BCUT2D eigenvalue weighted by atomic mass is 10.2. The molecule has 22 heavy (non-hydrogen) atoms. The molecule has 0 aliphatic heterocycles. The van der Waals surface area contributed by atoms with Crippen LogP contribution in [0, 0.1) is 0 Å². The van der Waals surface area contributed by atoms with Gasteiger partial charge in [-0.2, -0.15) is 0 Å². The van der Waals surface area contributed by atoms with Gasteiger partial charge in [0.25, 0.3) is 0 Å². The highest BCUT2D eigenvalue weighted by Gasteiger charge is 2.05. The van der Waals surface area contributed by atoms with Gasteiger partial charge in [0.1, 0.15) is 6.61 Å². The SMILES string of the molecule is O=C(/C=C/c1ccccc1)NCCOC(=O)c1ccccc1. The number of benzene rings is 2. The number of rotatable bonds is 6. The van der Waals surface area contributed by atoms with E-state index in [-0.39, 0.29) is 19.1 Å². The number of nitrogens with one attached hydrogen (secondary N) is 1. The van der Waals surface area contributed by atoms with E-state index in [1.165, 1.54) is 6.08 Å². The molecule has 0 heterocycles. The van der Waals surface area contributed by atoms with Crippen LogP contribution in [0.25, 0.3) is 6.08 Å². The molecule has 0 aliphatic carbocycles. The molecule has 2 aromatic rings. The van der Waals surface area contributed by atoms with Crippen LogP contribution in [0.4, 0.5) is 0 Å². The average molecular weight is 295 g/mol. The van der Waals surface area contributed by atoms with E-state index < -0.39 is 5.97 Å². The molecule has 0 spiro atoms. The maximum Gasteiger partial charge on any atom is 0.338 e. The van der Waals surface area contributed by atoms with Gasteiger partial charge in [-0.15, -0.1) is 0 Å². The highest BCUT2D eigenvalue weighted by atomic mass is 16.5. The topological polar surface area (TPSA) is 55.4 Å². The van der Waals surface area contributed by atoms with Crippen LogP contribution in [0.3, 0.4) is 0 Å². The molecule has 0 atom stereocenters. The first-order valence-corrected chi connectivity index (χ1v) is 6.99. The van der Waals surface area contributed by atoms with E-state index in [4.69, 9.17) is 4.74 Å². The van der Waals surface area contributed by atoms with Gasteiger partial charge in [0.05, 0.1) is 12.1 Å². The molecule has 0 saturated carbocycles. The van der Waals surface area contributed by atoms with Crippen LogP contribution in [0.15, 0.2) is 66.7 Å². The highest BCUT2D eigenvalue weighted by Crippen LogP contribution is 2.01. The Bertz CT molecular complexity index is 636. The van der Waals surface area contributed by atoms with Crippen molar-refractivity contribution >= 4 is 18.0 Å².